The summed E-state index contributed by atoms with van der Waals surface area (Å²) in [6.07, 6.45) is 0.303. The average Bonchev–Trinajstić information content (AvgIpc) is 2.58. The maximum Gasteiger partial charge on any atom is 0.241 e. The van der Waals surface area contributed by atoms with Gasteiger partial charge in [0.15, 0.2) is 0 Å². The predicted octanol–water partition coefficient (Wildman–Crippen LogP) is 0.593. The molecule has 0 spiro atoms. The molecule has 1 atom stereocenters. The smallest absolute Gasteiger partial charge is 0.241 e. The van der Waals surface area contributed by atoms with Gasteiger partial charge in [-0.2, -0.15) is 4.72 Å². The Morgan fingerprint density at radius 2 is 1.73 bits per heavy atom. The number of amides is 2. The van der Waals surface area contributed by atoms with Crippen LogP contribution in [0.4, 0.5) is 0 Å². The van der Waals surface area contributed by atoms with Gasteiger partial charge in [0, 0.05) is 14.1 Å². The van der Waals surface area contributed by atoms with Gasteiger partial charge in [-0.1, -0.05) is 13.8 Å². The summed E-state index contributed by atoms with van der Waals surface area (Å²) in [7, 11) is 0.746. The van der Waals surface area contributed by atoms with Crippen LogP contribution in [0.2, 0.25) is 0 Å². The number of carbonyl (C=O) groups excluding carboxylic acids is 2. The summed E-state index contributed by atoms with van der Waals surface area (Å²) in [5, 5.41) is 2.48. The fraction of sp³-hybridized carbons (Fsp3) is 0.529. The standard InChI is InChI=1S/C17H27N3O5S/c1-12(2)10-15(17(22)18-11-16(21)20(3)4)19-26(23,24)14-8-6-13(25-5)7-9-14/h6-9,12,15,19H,10-11H2,1-5H3,(H,18,22)/t15-/m1/s1. The third kappa shape index (κ3) is 6.64. The van der Waals surface area contributed by atoms with Crippen molar-refractivity contribution >= 4 is 21.8 Å². The van der Waals surface area contributed by atoms with Crippen molar-refractivity contribution in [3.05, 3.63) is 24.3 Å². The third-order valence-corrected chi connectivity index (χ3v) is 5.09. The van der Waals surface area contributed by atoms with Crippen LogP contribution in [-0.2, 0) is 19.6 Å². The van der Waals surface area contributed by atoms with Gasteiger partial charge >= 0.3 is 0 Å². The zero-order chi connectivity index (χ0) is 19.9. The van der Waals surface area contributed by atoms with Crippen molar-refractivity contribution in [1.82, 2.24) is 14.9 Å². The van der Waals surface area contributed by atoms with Crippen molar-refractivity contribution in [2.45, 2.75) is 31.2 Å². The molecule has 0 fully saturated rings. The molecule has 0 aliphatic carbocycles. The maximum absolute atomic E-state index is 12.6. The summed E-state index contributed by atoms with van der Waals surface area (Å²) < 4.78 is 32.6. The van der Waals surface area contributed by atoms with Crippen LogP contribution in [0.15, 0.2) is 29.2 Å². The molecule has 1 aromatic carbocycles. The summed E-state index contributed by atoms with van der Waals surface area (Å²) in [6.45, 7) is 3.57. The maximum atomic E-state index is 12.6. The van der Waals surface area contributed by atoms with Crippen molar-refractivity contribution in [2.24, 2.45) is 5.92 Å². The highest BCUT2D eigenvalue weighted by Gasteiger charge is 2.27. The van der Waals surface area contributed by atoms with Crippen LogP contribution in [0.3, 0.4) is 0 Å². The fourth-order valence-corrected chi connectivity index (χ4v) is 3.34. The van der Waals surface area contributed by atoms with E-state index >= 15 is 0 Å². The number of benzene rings is 1. The molecule has 8 nitrogen and oxygen atoms in total. The van der Waals surface area contributed by atoms with Gasteiger partial charge in [0.1, 0.15) is 11.8 Å². The molecule has 0 aliphatic heterocycles. The third-order valence-electron chi connectivity index (χ3n) is 3.60. The van der Waals surface area contributed by atoms with Gasteiger partial charge < -0.3 is 15.0 Å². The molecule has 9 heteroatoms. The number of likely N-dealkylation sites (N-methyl/N-ethyl adjacent to an activating group) is 1. The highest BCUT2D eigenvalue weighted by Crippen LogP contribution is 2.16. The van der Waals surface area contributed by atoms with Crippen LogP contribution >= 0.6 is 0 Å². The normalized spacial score (nSPS) is 12.5. The van der Waals surface area contributed by atoms with Gasteiger partial charge in [0.25, 0.3) is 0 Å². The first-order valence-corrected chi connectivity index (χ1v) is 9.69. The summed E-state index contributed by atoms with van der Waals surface area (Å²) in [5.41, 5.74) is 0. The van der Waals surface area contributed by atoms with Gasteiger partial charge in [-0.25, -0.2) is 8.42 Å². The Hall–Kier alpha value is -2.13. The van der Waals surface area contributed by atoms with E-state index in [-0.39, 0.29) is 23.3 Å². The molecule has 0 aromatic heterocycles. The quantitative estimate of drug-likeness (QED) is 0.647. The van der Waals surface area contributed by atoms with Crippen molar-refractivity contribution in [3.63, 3.8) is 0 Å². The van der Waals surface area contributed by atoms with E-state index in [4.69, 9.17) is 4.74 Å². The molecule has 0 aliphatic rings. The lowest BCUT2D eigenvalue weighted by atomic mass is 10.0. The first-order chi connectivity index (χ1) is 12.1. The summed E-state index contributed by atoms with van der Waals surface area (Å²) in [4.78, 5) is 25.4. The largest absolute Gasteiger partial charge is 0.497 e. The van der Waals surface area contributed by atoms with E-state index in [1.165, 1.54) is 36.3 Å². The van der Waals surface area contributed by atoms with Crippen LogP contribution in [0, 0.1) is 5.92 Å². The van der Waals surface area contributed by atoms with Crippen molar-refractivity contribution in [3.8, 4) is 5.75 Å². The van der Waals surface area contributed by atoms with Gasteiger partial charge in [0.05, 0.1) is 18.6 Å². The molecule has 1 rings (SSSR count). The Kier molecular flexibility index (Phi) is 8.04. The highest BCUT2D eigenvalue weighted by molar-refractivity contribution is 7.89. The molecular formula is C17H27N3O5S. The molecule has 1 aromatic rings. The van der Waals surface area contributed by atoms with Crippen LogP contribution in [0.25, 0.3) is 0 Å². The number of sulfonamides is 1. The number of hydrogen-bond acceptors (Lipinski definition) is 5. The van der Waals surface area contributed by atoms with Gasteiger partial charge in [0.2, 0.25) is 21.8 Å². The van der Waals surface area contributed by atoms with Crippen LogP contribution in [0.5, 0.6) is 5.75 Å². The number of carbonyl (C=O) groups is 2. The Morgan fingerprint density at radius 1 is 1.15 bits per heavy atom. The molecule has 0 unspecified atom stereocenters. The summed E-state index contributed by atoms with van der Waals surface area (Å²) in [5.74, 6) is -0.206. The Balaban J connectivity index is 2.90. The number of ether oxygens (including phenoxy) is 1. The molecular weight excluding hydrogens is 358 g/mol. The molecule has 146 valence electrons. The molecule has 2 amide bonds. The van der Waals surface area contributed by atoms with E-state index in [1.807, 2.05) is 13.8 Å². The highest BCUT2D eigenvalue weighted by atomic mass is 32.2. The number of methoxy groups -OCH3 is 1. The van der Waals surface area contributed by atoms with E-state index in [0.29, 0.717) is 12.2 Å². The summed E-state index contributed by atoms with van der Waals surface area (Å²) >= 11 is 0. The molecule has 0 radical (unpaired) electrons. The van der Waals surface area contributed by atoms with Gasteiger partial charge in [-0.3, -0.25) is 9.59 Å². The zero-order valence-corrected chi connectivity index (χ0v) is 16.6. The Bertz CT molecular complexity index is 714. The monoisotopic (exact) mass is 385 g/mol. The second-order valence-corrected chi connectivity index (χ2v) is 8.20. The van der Waals surface area contributed by atoms with Crippen LogP contribution in [0.1, 0.15) is 20.3 Å². The first kappa shape index (κ1) is 21.9. The first-order valence-electron chi connectivity index (χ1n) is 8.21. The van der Waals surface area contributed by atoms with E-state index in [1.54, 1.807) is 14.1 Å². The molecule has 0 saturated heterocycles. The summed E-state index contributed by atoms with van der Waals surface area (Å²) in [6, 6.07) is 4.89. The lowest BCUT2D eigenvalue weighted by Gasteiger charge is -2.20. The van der Waals surface area contributed by atoms with Crippen molar-refractivity contribution in [2.75, 3.05) is 27.7 Å². The van der Waals surface area contributed by atoms with Crippen molar-refractivity contribution in [1.29, 1.82) is 0 Å². The minimum Gasteiger partial charge on any atom is -0.497 e. The Labute approximate surface area is 155 Å². The SMILES string of the molecule is COc1ccc(S(=O)(=O)N[C@H](CC(C)C)C(=O)NCC(=O)N(C)C)cc1. The average molecular weight is 385 g/mol. The van der Waals surface area contributed by atoms with Crippen molar-refractivity contribution < 1.29 is 22.7 Å². The van der Waals surface area contributed by atoms with E-state index < -0.39 is 22.0 Å². The Morgan fingerprint density at radius 3 is 2.19 bits per heavy atom. The minimum atomic E-state index is -3.89. The number of nitrogens with one attached hydrogen (secondary N) is 2. The molecule has 0 saturated carbocycles. The molecule has 0 heterocycles. The number of hydrogen-bond donors (Lipinski definition) is 2. The second-order valence-electron chi connectivity index (χ2n) is 6.48. The molecule has 2 N–H and O–H groups in total. The predicted molar refractivity (Wildman–Crippen MR) is 98.3 cm³/mol. The second kappa shape index (κ2) is 9.54. The van der Waals surface area contributed by atoms with Crippen LogP contribution < -0.4 is 14.8 Å². The van der Waals surface area contributed by atoms with E-state index in [2.05, 4.69) is 10.0 Å². The van der Waals surface area contributed by atoms with Gasteiger partial charge in [-0.15, -0.1) is 0 Å². The lowest BCUT2D eigenvalue weighted by Crippen LogP contribution is -2.49. The number of nitrogens with zero attached hydrogens (tertiary/aromatic N) is 1. The van der Waals surface area contributed by atoms with E-state index in [0.717, 1.165) is 0 Å². The number of rotatable bonds is 9. The van der Waals surface area contributed by atoms with E-state index in [9.17, 15) is 18.0 Å². The van der Waals surface area contributed by atoms with Crippen LogP contribution in [-0.4, -0.2) is 58.9 Å². The topological polar surface area (TPSA) is 105 Å². The zero-order valence-electron chi connectivity index (χ0n) is 15.8. The van der Waals surface area contributed by atoms with Gasteiger partial charge in [-0.05, 0) is 36.6 Å². The molecule has 0 bridgehead atoms. The minimum absolute atomic E-state index is 0.0317. The molecule has 26 heavy (non-hydrogen) atoms. The lowest BCUT2D eigenvalue weighted by molar-refractivity contribution is -0.131. The fourth-order valence-electron chi connectivity index (χ4n) is 2.13.